The highest BCUT2D eigenvalue weighted by Gasteiger charge is 2.32. The van der Waals surface area contributed by atoms with E-state index < -0.39 is 0 Å². The number of carbonyl (C=O) groups excluding carboxylic acids is 1. The molecule has 0 saturated carbocycles. The molecule has 0 atom stereocenters. The predicted molar refractivity (Wildman–Crippen MR) is 154 cm³/mol. The van der Waals surface area contributed by atoms with E-state index in [1.165, 1.54) is 37.4 Å². The molecule has 1 aliphatic heterocycles. The van der Waals surface area contributed by atoms with Crippen molar-refractivity contribution in [2.75, 3.05) is 13.7 Å². The van der Waals surface area contributed by atoms with Crippen LogP contribution in [0.3, 0.4) is 0 Å². The van der Waals surface area contributed by atoms with Gasteiger partial charge in [-0.25, -0.2) is 4.68 Å². The number of hydrogen-bond donors (Lipinski definition) is 0. The molecular weight excluding hydrogens is 486 g/mol. The first kappa shape index (κ1) is 26.2. The van der Waals surface area contributed by atoms with Crippen LogP contribution in [0.2, 0.25) is 0 Å². The van der Waals surface area contributed by atoms with Gasteiger partial charge in [0.15, 0.2) is 0 Å². The lowest BCUT2D eigenvalue weighted by Gasteiger charge is -2.14. The van der Waals surface area contributed by atoms with E-state index in [2.05, 4.69) is 13.0 Å². The Morgan fingerprint density at radius 3 is 2.53 bits per heavy atom. The van der Waals surface area contributed by atoms with Gasteiger partial charge in [0.1, 0.15) is 15.8 Å². The molecule has 2 heterocycles. The second-order valence-corrected chi connectivity index (χ2v) is 10.7. The Morgan fingerprint density at radius 2 is 1.81 bits per heavy atom. The van der Waals surface area contributed by atoms with Crippen LogP contribution in [0.5, 0.6) is 5.75 Å². The number of methoxy groups -OCH3 is 1. The van der Waals surface area contributed by atoms with Crippen molar-refractivity contribution in [3.8, 4) is 22.7 Å². The summed E-state index contributed by atoms with van der Waals surface area (Å²) in [5, 5.41) is 4.90. The van der Waals surface area contributed by atoms with Crippen molar-refractivity contribution in [3.05, 3.63) is 70.8 Å². The van der Waals surface area contributed by atoms with E-state index >= 15 is 0 Å². The molecule has 0 aliphatic carbocycles. The van der Waals surface area contributed by atoms with Gasteiger partial charge < -0.3 is 4.74 Å². The Bertz CT molecular complexity index is 1250. The van der Waals surface area contributed by atoms with Crippen molar-refractivity contribution < 1.29 is 9.53 Å². The Morgan fingerprint density at radius 1 is 1.06 bits per heavy atom. The number of benzene rings is 2. The molecule has 0 N–H and O–H groups in total. The van der Waals surface area contributed by atoms with Crippen LogP contribution in [0.1, 0.15) is 56.6 Å². The minimum Gasteiger partial charge on any atom is -0.496 e. The summed E-state index contributed by atoms with van der Waals surface area (Å²) in [5.41, 5.74) is 4.64. The predicted octanol–water partition coefficient (Wildman–Crippen LogP) is 7.42. The fraction of sp³-hybridized carbons (Fsp3) is 0.345. The molecule has 0 unspecified atom stereocenters. The summed E-state index contributed by atoms with van der Waals surface area (Å²) < 4.78 is 7.94. The van der Waals surface area contributed by atoms with Crippen molar-refractivity contribution in [1.82, 2.24) is 14.7 Å². The molecule has 1 aromatic heterocycles. The number of aromatic nitrogens is 2. The number of thiocarbonyl (C=S) groups is 1. The number of hydrogen-bond acceptors (Lipinski definition) is 5. The standard InChI is InChI=1S/C29H33N3O2S2/c1-4-5-6-7-8-12-17-31-28(33)26(36-29(31)35)19-23-20-32(24-13-10-9-11-14-24)30-27(23)22-15-16-25(34-3)21(2)18-22/h9-11,13-16,18-20H,4-8,12,17H2,1-3H3. The molecule has 188 valence electrons. The van der Waals surface area contributed by atoms with Gasteiger partial charge in [-0.3, -0.25) is 9.69 Å². The number of carbonyl (C=O) groups is 1. The molecule has 0 radical (unpaired) electrons. The number of ether oxygens (including phenoxy) is 1. The molecular formula is C29H33N3O2S2. The van der Waals surface area contributed by atoms with Crippen LogP contribution in [-0.2, 0) is 4.79 Å². The monoisotopic (exact) mass is 519 g/mol. The van der Waals surface area contributed by atoms with Crippen LogP contribution in [-0.4, -0.2) is 38.6 Å². The van der Waals surface area contributed by atoms with E-state index in [0.717, 1.165) is 46.7 Å². The van der Waals surface area contributed by atoms with Crippen LogP contribution in [0.15, 0.2) is 59.6 Å². The van der Waals surface area contributed by atoms with E-state index in [-0.39, 0.29) is 5.91 Å². The Labute approximate surface area is 223 Å². The number of aryl methyl sites for hydroxylation is 1. The van der Waals surface area contributed by atoms with Gasteiger partial charge in [0.05, 0.1) is 17.7 Å². The summed E-state index contributed by atoms with van der Waals surface area (Å²) in [6.45, 7) is 4.92. The van der Waals surface area contributed by atoms with Crippen molar-refractivity contribution in [2.24, 2.45) is 0 Å². The molecule has 2 aromatic carbocycles. The first-order valence-electron chi connectivity index (χ1n) is 12.6. The molecule has 0 spiro atoms. The fourth-order valence-corrected chi connectivity index (χ4v) is 5.64. The van der Waals surface area contributed by atoms with Crippen molar-refractivity contribution in [2.45, 2.75) is 52.4 Å². The third kappa shape index (κ3) is 6.08. The summed E-state index contributed by atoms with van der Waals surface area (Å²) >= 11 is 6.95. The van der Waals surface area contributed by atoms with Crippen LogP contribution in [0, 0.1) is 6.92 Å². The molecule has 5 nitrogen and oxygen atoms in total. The lowest BCUT2D eigenvalue weighted by atomic mass is 10.0. The number of amides is 1. The quantitative estimate of drug-likeness (QED) is 0.150. The summed E-state index contributed by atoms with van der Waals surface area (Å²) in [5.74, 6) is 0.821. The largest absolute Gasteiger partial charge is 0.496 e. The van der Waals surface area contributed by atoms with Gasteiger partial charge >= 0.3 is 0 Å². The van der Waals surface area contributed by atoms with Crippen LogP contribution in [0.4, 0.5) is 0 Å². The van der Waals surface area contributed by atoms with Gasteiger partial charge in [0, 0.05) is 23.9 Å². The Hall–Kier alpha value is -2.90. The molecule has 7 heteroatoms. The number of unbranched alkanes of at least 4 members (excludes halogenated alkanes) is 5. The van der Waals surface area contributed by atoms with Gasteiger partial charge in [0.2, 0.25) is 0 Å². The maximum atomic E-state index is 13.3. The summed E-state index contributed by atoms with van der Waals surface area (Å²) in [6, 6.07) is 16.0. The van der Waals surface area contributed by atoms with Crippen LogP contribution in [0.25, 0.3) is 23.0 Å². The van der Waals surface area contributed by atoms with E-state index in [1.807, 2.05) is 66.3 Å². The topological polar surface area (TPSA) is 47.4 Å². The fourth-order valence-electron chi connectivity index (χ4n) is 4.34. The third-order valence-electron chi connectivity index (χ3n) is 6.33. The zero-order valence-corrected chi connectivity index (χ0v) is 22.8. The van der Waals surface area contributed by atoms with Crippen molar-refractivity contribution in [3.63, 3.8) is 0 Å². The number of nitrogens with zero attached hydrogens (tertiary/aromatic N) is 3. The minimum absolute atomic E-state index is 0.0112. The zero-order valence-electron chi connectivity index (χ0n) is 21.2. The van der Waals surface area contributed by atoms with E-state index in [4.69, 9.17) is 22.1 Å². The van der Waals surface area contributed by atoms with Crippen molar-refractivity contribution in [1.29, 1.82) is 0 Å². The Kier molecular flexibility index (Phi) is 8.99. The summed E-state index contributed by atoms with van der Waals surface area (Å²) in [4.78, 5) is 15.7. The van der Waals surface area contributed by atoms with Gasteiger partial charge in [0.25, 0.3) is 5.91 Å². The molecule has 1 amide bonds. The molecule has 1 aliphatic rings. The highest BCUT2D eigenvalue weighted by Crippen LogP contribution is 2.36. The van der Waals surface area contributed by atoms with Gasteiger partial charge in [-0.1, -0.05) is 81.2 Å². The van der Waals surface area contributed by atoms with Gasteiger partial charge in [-0.15, -0.1) is 0 Å². The second-order valence-electron chi connectivity index (χ2n) is 9.00. The van der Waals surface area contributed by atoms with E-state index in [1.54, 1.807) is 12.0 Å². The average molecular weight is 520 g/mol. The van der Waals surface area contributed by atoms with E-state index in [9.17, 15) is 4.79 Å². The number of rotatable bonds is 11. The average Bonchev–Trinajstić information content (AvgIpc) is 3.42. The first-order chi connectivity index (χ1) is 17.5. The molecule has 1 fully saturated rings. The second kappa shape index (κ2) is 12.4. The maximum absolute atomic E-state index is 13.3. The van der Waals surface area contributed by atoms with Crippen molar-refractivity contribution >= 4 is 40.3 Å². The normalized spacial score (nSPS) is 14.8. The lowest BCUT2D eigenvalue weighted by molar-refractivity contribution is -0.122. The molecule has 4 rings (SSSR count). The molecule has 3 aromatic rings. The third-order valence-corrected chi connectivity index (χ3v) is 7.70. The van der Waals surface area contributed by atoms with Gasteiger partial charge in [-0.05, 0) is 55.3 Å². The number of para-hydroxylation sites is 1. The van der Waals surface area contributed by atoms with Crippen LogP contribution >= 0.6 is 24.0 Å². The molecule has 36 heavy (non-hydrogen) atoms. The summed E-state index contributed by atoms with van der Waals surface area (Å²) in [7, 11) is 1.67. The number of thioether (sulfide) groups is 1. The highest BCUT2D eigenvalue weighted by atomic mass is 32.2. The Balaban J connectivity index is 1.61. The summed E-state index contributed by atoms with van der Waals surface area (Å²) in [6.07, 6.45) is 11.0. The smallest absolute Gasteiger partial charge is 0.266 e. The lowest BCUT2D eigenvalue weighted by Crippen LogP contribution is -2.29. The minimum atomic E-state index is -0.0112. The molecule has 0 bridgehead atoms. The van der Waals surface area contributed by atoms with Crippen LogP contribution < -0.4 is 4.74 Å². The first-order valence-corrected chi connectivity index (χ1v) is 13.8. The maximum Gasteiger partial charge on any atom is 0.266 e. The highest BCUT2D eigenvalue weighted by molar-refractivity contribution is 8.26. The SMILES string of the molecule is CCCCCCCCN1C(=O)C(=Cc2cn(-c3ccccc3)nc2-c2ccc(OC)c(C)c2)SC1=S. The zero-order chi connectivity index (χ0) is 25.5. The van der Waals surface area contributed by atoms with Gasteiger partial charge in [-0.2, -0.15) is 5.10 Å². The molecule has 1 saturated heterocycles. The van der Waals surface area contributed by atoms with E-state index in [0.29, 0.717) is 15.8 Å².